The fraction of sp³-hybridized carbons (Fsp3) is 0. The van der Waals surface area contributed by atoms with Crippen molar-refractivity contribution < 1.29 is 0 Å². The van der Waals surface area contributed by atoms with E-state index in [0.717, 1.165) is 0 Å². The molecule has 0 saturated carbocycles. The van der Waals surface area contributed by atoms with Gasteiger partial charge in [0.05, 0.1) is 10.2 Å². The van der Waals surface area contributed by atoms with E-state index in [9.17, 15) is 0 Å². The van der Waals surface area contributed by atoms with E-state index in [-0.39, 0.29) is 0 Å². The van der Waals surface area contributed by atoms with Crippen molar-refractivity contribution in [3.63, 3.8) is 0 Å². The monoisotopic (exact) mass is 106 g/mol. The Hall–Kier alpha value is -0.563. The van der Waals surface area contributed by atoms with E-state index in [4.69, 9.17) is 0 Å². The molecule has 0 unspecified atom stereocenters. The maximum absolute atomic E-state index is 2.63. The lowest BCUT2D eigenvalue weighted by Crippen LogP contribution is -1.97. The third kappa shape index (κ3) is 1.16. The highest BCUT2D eigenvalue weighted by atomic mass is 28.1. The second-order valence-corrected chi connectivity index (χ2v) is 2.08. The van der Waals surface area contributed by atoms with Gasteiger partial charge < -0.3 is 0 Å². The largest absolute Gasteiger partial charge is 0.0686 e. The molecule has 1 aromatic rings. The molecule has 7 heavy (non-hydrogen) atoms. The van der Waals surface area contributed by atoms with Crippen LogP contribution in [0, 0.1) is 0 Å². The SMILES string of the molecule is [SiH]c1ccccc1. The van der Waals surface area contributed by atoms with Crippen molar-refractivity contribution in [1.29, 1.82) is 0 Å². The summed E-state index contributed by atoms with van der Waals surface area (Å²) in [4.78, 5) is 0. The van der Waals surface area contributed by atoms with Crippen molar-refractivity contribution in [3.8, 4) is 0 Å². The van der Waals surface area contributed by atoms with E-state index in [1.807, 2.05) is 30.3 Å². The zero-order chi connectivity index (χ0) is 5.11. The zero-order valence-corrected chi connectivity index (χ0v) is 5.12. The van der Waals surface area contributed by atoms with Crippen LogP contribution in [0.2, 0.25) is 0 Å². The van der Waals surface area contributed by atoms with Gasteiger partial charge in [0.25, 0.3) is 0 Å². The van der Waals surface area contributed by atoms with Gasteiger partial charge in [-0.2, -0.15) is 0 Å². The average molecular weight is 106 g/mol. The number of rotatable bonds is 0. The summed E-state index contributed by atoms with van der Waals surface area (Å²) in [6, 6.07) is 10.1. The number of hydrogen-bond donors (Lipinski definition) is 0. The van der Waals surface area contributed by atoms with Crippen molar-refractivity contribution in [2.24, 2.45) is 0 Å². The van der Waals surface area contributed by atoms with Crippen LogP contribution in [0.15, 0.2) is 30.3 Å². The highest BCUT2D eigenvalue weighted by Crippen LogP contribution is 1.76. The van der Waals surface area contributed by atoms with Crippen LogP contribution in [0.5, 0.6) is 0 Å². The molecule has 0 aliphatic carbocycles. The van der Waals surface area contributed by atoms with Gasteiger partial charge in [-0.3, -0.25) is 0 Å². The molecule has 34 valence electrons. The average Bonchev–Trinajstić information content (AvgIpc) is 1.69. The Balaban J connectivity index is 3.02. The number of benzene rings is 1. The van der Waals surface area contributed by atoms with Crippen molar-refractivity contribution >= 4 is 15.4 Å². The molecule has 1 aromatic carbocycles. The standard InChI is InChI=1S/C6H6Si/c7-6-4-2-1-3-5-6/h1-5,7H. The molecule has 0 bridgehead atoms. The minimum absolute atomic E-state index is 1.24. The van der Waals surface area contributed by atoms with E-state index in [2.05, 4.69) is 10.2 Å². The third-order valence-electron chi connectivity index (χ3n) is 0.800. The molecule has 0 amide bonds. The van der Waals surface area contributed by atoms with Crippen molar-refractivity contribution in [3.05, 3.63) is 30.3 Å². The third-order valence-corrected chi connectivity index (χ3v) is 1.18. The lowest BCUT2D eigenvalue weighted by molar-refractivity contribution is 1.78. The van der Waals surface area contributed by atoms with Crippen molar-refractivity contribution in [2.45, 2.75) is 0 Å². The molecule has 0 saturated heterocycles. The first-order valence-electron chi connectivity index (χ1n) is 2.20. The second-order valence-electron chi connectivity index (χ2n) is 1.41. The normalized spacial score (nSPS) is 8.71. The summed E-state index contributed by atoms with van der Waals surface area (Å²) in [6.45, 7) is 0. The zero-order valence-electron chi connectivity index (χ0n) is 3.96. The Kier molecular flexibility index (Phi) is 1.27. The molecule has 0 aromatic heterocycles. The summed E-state index contributed by atoms with van der Waals surface area (Å²) in [6.07, 6.45) is 0. The highest BCUT2D eigenvalue weighted by molar-refractivity contribution is 6.32. The van der Waals surface area contributed by atoms with Gasteiger partial charge in [-0.1, -0.05) is 35.5 Å². The summed E-state index contributed by atoms with van der Waals surface area (Å²) in [7, 11) is 2.63. The Labute approximate surface area is 46.6 Å². The van der Waals surface area contributed by atoms with Gasteiger partial charge >= 0.3 is 0 Å². The lowest BCUT2D eigenvalue weighted by Gasteiger charge is -1.82. The number of hydrogen-bond acceptors (Lipinski definition) is 0. The van der Waals surface area contributed by atoms with Gasteiger partial charge in [-0.05, 0) is 0 Å². The van der Waals surface area contributed by atoms with E-state index >= 15 is 0 Å². The van der Waals surface area contributed by atoms with Crippen molar-refractivity contribution in [2.75, 3.05) is 0 Å². The van der Waals surface area contributed by atoms with E-state index in [1.54, 1.807) is 0 Å². The van der Waals surface area contributed by atoms with Crippen LogP contribution < -0.4 is 5.19 Å². The highest BCUT2D eigenvalue weighted by Gasteiger charge is 1.72. The summed E-state index contributed by atoms with van der Waals surface area (Å²) in [5, 5.41) is 1.24. The quantitative estimate of drug-likeness (QED) is 0.415. The molecule has 0 N–H and O–H groups in total. The van der Waals surface area contributed by atoms with Crippen LogP contribution in [0.1, 0.15) is 0 Å². The van der Waals surface area contributed by atoms with Gasteiger partial charge in [0.1, 0.15) is 0 Å². The molecule has 1 rings (SSSR count). The van der Waals surface area contributed by atoms with Crippen LogP contribution in [0.4, 0.5) is 0 Å². The van der Waals surface area contributed by atoms with Crippen molar-refractivity contribution in [1.82, 2.24) is 0 Å². The Morgan fingerprint density at radius 3 is 1.86 bits per heavy atom. The predicted molar refractivity (Wildman–Crippen MR) is 33.2 cm³/mol. The van der Waals surface area contributed by atoms with Crippen LogP contribution in [-0.2, 0) is 0 Å². The molecule has 0 spiro atoms. The van der Waals surface area contributed by atoms with Gasteiger partial charge in [-0.15, -0.1) is 0 Å². The van der Waals surface area contributed by atoms with Gasteiger partial charge in [0.15, 0.2) is 0 Å². The molecule has 0 aliphatic rings. The molecule has 0 atom stereocenters. The molecular formula is C6H6Si. The molecule has 2 radical (unpaired) electrons. The summed E-state index contributed by atoms with van der Waals surface area (Å²) < 4.78 is 0. The van der Waals surface area contributed by atoms with E-state index < -0.39 is 0 Å². The molecule has 1 heteroatoms. The summed E-state index contributed by atoms with van der Waals surface area (Å²) in [5.74, 6) is 0. The lowest BCUT2D eigenvalue weighted by atomic mass is 10.4. The minimum atomic E-state index is 1.24. The molecule has 0 nitrogen and oxygen atoms in total. The molecular weight excluding hydrogens is 100 g/mol. The predicted octanol–water partition coefficient (Wildman–Crippen LogP) is 0.213. The van der Waals surface area contributed by atoms with Gasteiger partial charge in [0, 0.05) is 0 Å². The molecule has 0 fully saturated rings. The summed E-state index contributed by atoms with van der Waals surface area (Å²) in [5.41, 5.74) is 0. The maximum atomic E-state index is 2.63. The van der Waals surface area contributed by atoms with Crippen LogP contribution in [-0.4, -0.2) is 10.2 Å². The molecule has 0 heterocycles. The fourth-order valence-corrected chi connectivity index (χ4v) is 0.675. The Morgan fingerprint density at radius 1 is 1.00 bits per heavy atom. The van der Waals surface area contributed by atoms with Crippen LogP contribution >= 0.6 is 0 Å². The second kappa shape index (κ2) is 1.94. The van der Waals surface area contributed by atoms with Crippen LogP contribution in [0.3, 0.4) is 0 Å². The smallest absolute Gasteiger partial charge is 0.0585 e. The van der Waals surface area contributed by atoms with E-state index in [1.165, 1.54) is 5.19 Å². The van der Waals surface area contributed by atoms with Gasteiger partial charge in [-0.25, -0.2) is 0 Å². The Bertz CT molecular complexity index is 134. The first-order valence-corrected chi connectivity index (χ1v) is 2.78. The first kappa shape index (κ1) is 4.59. The topological polar surface area (TPSA) is 0 Å². The van der Waals surface area contributed by atoms with Crippen LogP contribution in [0.25, 0.3) is 0 Å². The maximum Gasteiger partial charge on any atom is 0.0585 e. The summed E-state index contributed by atoms with van der Waals surface area (Å²) >= 11 is 0. The first-order chi connectivity index (χ1) is 3.39. The Morgan fingerprint density at radius 2 is 1.57 bits per heavy atom. The minimum Gasteiger partial charge on any atom is -0.0686 e. The molecule has 0 aliphatic heterocycles. The van der Waals surface area contributed by atoms with Gasteiger partial charge in [0.2, 0.25) is 0 Å². The van der Waals surface area contributed by atoms with E-state index in [0.29, 0.717) is 0 Å². The fourth-order valence-electron chi connectivity index (χ4n) is 0.453.